The minimum absolute atomic E-state index is 0.0581. The average molecular weight is 286 g/mol. The zero-order valence-corrected chi connectivity index (χ0v) is 8.91. The number of alkyl halides is 1. The lowest BCUT2D eigenvalue weighted by Crippen LogP contribution is -2.10. The lowest BCUT2D eigenvalue weighted by molar-refractivity contribution is 1.05. The van der Waals surface area contributed by atoms with Crippen LogP contribution in [-0.2, 0) is 4.43 Å². The van der Waals surface area contributed by atoms with Crippen LogP contribution in [0.25, 0.3) is 10.9 Å². The summed E-state index contributed by atoms with van der Waals surface area (Å²) in [7, 11) is 0. The Hall–Kier alpha value is -0.910. The predicted molar refractivity (Wildman–Crippen MR) is 60.1 cm³/mol. The molecule has 2 aromatic rings. The molecule has 1 heterocycles. The third kappa shape index (κ3) is 1.58. The second kappa shape index (κ2) is 3.45. The molecule has 0 saturated carbocycles. The van der Waals surface area contributed by atoms with Crippen LogP contribution in [0.2, 0.25) is 0 Å². The molecule has 0 bridgehead atoms. The number of aromatic amines is 1. The highest BCUT2D eigenvalue weighted by Gasteiger charge is 2.00. The zero-order valence-electron chi connectivity index (χ0n) is 6.75. The number of para-hydroxylation sites is 1. The molecule has 0 atom stereocenters. The van der Waals surface area contributed by atoms with Crippen molar-refractivity contribution >= 4 is 33.5 Å². The van der Waals surface area contributed by atoms with Crippen molar-refractivity contribution in [2.24, 2.45) is 0 Å². The number of hydrogen-bond donors (Lipinski definition) is 1. The van der Waals surface area contributed by atoms with Crippen molar-refractivity contribution in [3.63, 3.8) is 0 Å². The van der Waals surface area contributed by atoms with E-state index in [0.29, 0.717) is 5.39 Å². The summed E-state index contributed by atoms with van der Waals surface area (Å²) in [4.78, 5) is 18.5. The first-order valence-corrected chi connectivity index (χ1v) is 5.38. The molecule has 3 nitrogen and oxygen atoms in total. The second-order valence-electron chi connectivity index (χ2n) is 2.66. The number of hydrogen-bond acceptors (Lipinski definition) is 2. The largest absolute Gasteiger partial charge is 0.309 e. The van der Waals surface area contributed by atoms with Crippen molar-refractivity contribution in [1.82, 2.24) is 9.97 Å². The van der Waals surface area contributed by atoms with Crippen molar-refractivity contribution < 1.29 is 0 Å². The Kier molecular flexibility index (Phi) is 2.30. The van der Waals surface area contributed by atoms with E-state index in [4.69, 9.17) is 0 Å². The Morgan fingerprint density at radius 2 is 2.15 bits per heavy atom. The summed E-state index contributed by atoms with van der Waals surface area (Å²) in [5, 5.41) is 0.649. The maximum atomic E-state index is 11.5. The zero-order chi connectivity index (χ0) is 9.26. The molecule has 4 heteroatoms. The number of nitrogens with zero attached hydrogens (tertiary/aromatic N) is 1. The Morgan fingerprint density at radius 1 is 1.38 bits per heavy atom. The number of halogens is 1. The van der Waals surface area contributed by atoms with Gasteiger partial charge < -0.3 is 4.98 Å². The van der Waals surface area contributed by atoms with E-state index in [-0.39, 0.29) is 5.56 Å². The van der Waals surface area contributed by atoms with E-state index < -0.39 is 0 Å². The summed E-state index contributed by atoms with van der Waals surface area (Å²) in [5.41, 5.74) is 0.704. The summed E-state index contributed by atoms with van der Waals surface area (Å²) in [6.45, 7) is 0. The van der Waals surface area contributed by atoms with Crippen LogP contribution in [0.3, 0.4) is 0 Å². The molecule has 0 amide bonds. The fraction of sp³-hybridized carbons (Fsp3) is 0.111. The minimum Gasteiger partial charge on any atom is -0.309 e. The number of H-pyrrole nitrogens is 1. The second-order valence-corrected chi connectivity index (χ2v) is 3.43. The highest BCUT2D eigenvalue weighted by Crippen LogP contribution is 2.06. The van der Waals surface area contributed by atoms with Gasteiger partial charge in [0.25, 0.3) is 5.56 Å². The summed E-state index contributed by atoms with van der Waals surface area (Å²) >= 11 is 2.17. The van der Waals surface area contributed by atoms with E-state index in [1.54, 1.807) is 6.07 Å². The Bertz CT molecular complexity index is 492. The molecule has 0 fully saturated rings. The van der Waals surface area contributed by atoms with Crippen LogP contribution in [0, 0.1) is 0 Å². The lowest BCUT2D eigenvalue weighted by atomic mass is 10.2. The van der Waals surface area contributed by atoms with Crippen LogP contribution in [0.1, 0.15) is 5.82 Å². The minimum atomic E-state index is -0.0581. The van der Waals surface area contributed by atoms with E-state index in [9.17, 15) is 4.79 Å². The molecule has 0 saturated heterocycles. The molecule has 0 aliphatic rings. The van der Waals surface area contributed by atoms with Gasteiger partial charge in [-0.25, -0.2) is 4.98 Å². The van der Waals surface area contributed by atoms with Gasteiger partial charge in [-0.15, -0.1) is 0 Å². The number of aromatic nitrogens is 2. The van der Waals surface area contributed by atoms with E-state index in [1.165, 1.54) is 0 Å². The Balaban J connectivity index is 2.85. The maximum absolute atomic E-state index is 11.5. The Morgan fingerprint density at radius 3 is 2.92 bits per heavy atom. The topological polar surface area (TPSA) is 45.8 Å². The number of benzene rings is 1. The van der Waals surface area contributed by atoms with Crippen LogP contribution >= 0.6 is 22.6 Å². The smallest absolute Gasteiger partial charge is 0.258 e. The van der Waals surface area contributed by atoms with E-state index >= 15 is 0 Å². The molecule has 66 valence electrons. The maximum Gasteiger partial charge on any atom is 0.258 e. The van der Waals surface area contributed by atoms with Gasteiger partial charge in [-0.1, -0.05) is 34.7 Å². The van der Waals surface area contributed by atoms with E-state index in [2.05, 4.69) is 32.6 Å². The van der Waals surface area contributed by atoms with Crippen molar-refractivity contribution in [3.05, 3.63) is 40.4 Å². The fourth-order valence-corrected chi connectivity index (χ4v) is 1.56. The van der Waals surface area contributed by atoms with Crippen molar-refractivity contribution in [2.45, 2.75) is 4.43 Å². The average Bonchev–Trinajstić information content (AvgIpc) is 2.18. The van der Waals surface area contributed by atoms with Gasteiger partial charge in [-0.2, -0.15) is 0 Å². The molecule has 0 radical (unpaired) electrons. The third-order valence-corrected chi connectivity index (χ3v) is 2.51. The van der Waals surface area contributed by atoms with Gasteiger partial charge in [0.15, 0.2) is 0 Å². The molecule has 0 aliphatic carbocycles. The third-order valence-electron chi connectivity index (χ3n) is 1.79. The Labute approximate surface area is 88.3 Å². The van der Waals surface area contributed by atoms with Gasteiger partial charge in [-0.3, -0.25) is 4.79 Å². The van der Waals surface area contributed by atoms with Gasteiger partial charge >= 0.3 is 0 Å². The van der Waals surface area contributed by atoms with E-state index in [1.807, 2.05) is 18.2 Å². The van der Waals surface area contributed by atoms with Crippen LogP contribution < -0.4 is 5.56 Å². The SMILES string of the molecule is O=c1[nH]c(CI)nc2ccccc12. The molecule has 1 aromatic heterocycles. The van der Waals surface area contributed by atoms with Crippen LogP contribution in [0.15, 0.2) is 29.1 Å². The van der Waals surface area contributed by atoms with Crippen molar-refractivity contribution in [1.29, 1.82) is 0 Å². The van der Waals surface area contributed by atoms with Crippen LogP contribution in [0.4, 0.5) is 0 Å². The number of rotatable bonds is 1. The van der Waals surface area contributed by atoms with Crippen LogP contribution in [0.5, 0.6) is 0 Å². The molecular formula is C9H7IN2O. The number of fused-ring (bicyclic) bond motifs is 1. The van der Waals surface area contributed by atoms with Gasteiger partial charge in [0.2, 0.25) is 0 Å². The van der Waals surface area contributed by atoms with Gasteiger partial charge in [0.1, 0.15) is 5.82 Å². The molecule has 13 heavy (non-hydrogen) atoms. The summed E-state index contributed by atoms with van der Waals surface area (Å²) in [5.74, 6) is 0.726. The summed E-state index contributed by atoms with van der Waals surface area (Å²) < 4.78 is 0.720. The standard InChI is InChI=1S/C9H7IN2O/c10-5-8-11-7-4-2-1-3-6(7)9(13)12-8/h1-4H,5H2,(H,11,12,13). The summed E-state index contributed by atoms with van der Waals surface area (Å²) in [6.07, 6.45) is 0. The quantitative estimate of drug-likeness (QED) is 0.642. The predicted octanol–water partition coefficient (Wildman–Crippen LogP) is 1.86. The fourth-order valence-electron chi connectivity index (χ4n) is 1.20. The summed E-state index contributed by atoms with van der Waals surface area (Å²) in [6, 6.07) is 7.34. The lowest BCUT2D eigenvalue weighted by Gasteiger charge is -1.98. The number of nitrogens with one attached hydrogen (secondary N) is 1. The molecule has 1 N–H and O–H groups in total. The van der Waals surface area contributed by atoms with Gasteiger partial charge in [0.05, 0.1) is 15.3 Å². The highest BCUT2D eigenvalue weighted by atomic mass is 127. The monoisotopic (exact) mass is 286 g/mol. The molecule has 2 rings (SSSR count). The molecular weight excluding hydrogens is 279 g/mol. The first-order valence-electron chi connectivity index (χ1n) is 3.85. The first kappa shape index (κ1) is 8.68. The van der Waals surface area contributed by atoms with Gasteiger partial charge in [0, 0.05) is 0 Å². The molecule has 0 aliphatic heterocycles. The molecule has 1 aromatic carbocycles. The highest BCUT2D eigenvalue weighted by molar-refractivity contribution is 14.1. The normalized spacial score (nSPS) is 10.5. The van der Waals surface area contributed by atoms with Gasteiger partial charge in [-0.05, 0) is 12.1 Å². The van der Waals surface area contributed by atoms with E-state index in [0.717, 1.165) is 15.8 Å². The van der Waals surface area contributed by atoms with Crippen molar-refractivity contribution in [2.75, 3.05) is 0 Å². The first-order chi connectivity index (χ1) is 6.31. The van der Waals surface area contributed by atoms with Crippen LogP contribution in [-0.4, -0.2) is 9.97 Å². The molecule has 0 spiro atoms. The van der Waals surface area contributed by atoms with Crippen molar-refractivity contribution in [3.8, 4) is 0 Å². The molecule has 0 unspecified atom stereocenters.